The van der Waals surface area contributed by atoms with Crippen molar-refractivity contribution in [2.45, 2.75) is 26.8 Å². The number of hydrogen-bond acceptors (Lipinski definition) is 5. The molecule has 1 unspecified atom stereocenters. The van der Waals surface area contributed by atoms with E-state index in [-0.39, 0.29) is 18.5 Å². The third kappa shape index (κ3) is 3.46. The first kappa shape index (κ1) is 15.6. The van der Waals surface area contributed by atoms with Crippen molar-refractivity contribution >= 4 is 0 Å². The van der Waals surface area contributed by atoms with Crippen LogP contribution in [0.2, 0.25) is 0 Å². The SMILES string of the molecule is CCN(CCO)C(C)c1nc(-c2ccc(C)c(F)c2)no1. The van der Waals surface area contributed by atoms with E-state index in [2.05, 4.69) is 10.1 Å². The maximum atomic E-state index is 13.6. The second kappa shape index (κ2) is 6.78. The molecule has 0 radical (unpaired) electrons. The Kier molecular flexibility index (Phi) is 5.03. The highest BCUT2D eigenvalue weighted by molar-refractivity contribution is 5.54. The van der Waals surface area contributed by atoms with Crippen molar-refractivity contribution in [2.75, 3.05) is 19.7 Å². The van der Waals surface area contributed by atoms with E-state index in [0.717, 1.165) is 6.54 Å². The van der Waals surface area contributed by atoms with Gasteiger partial charge in [-0.1, -0.05) is 24.2 Å². The second-order valence-electron chi connectivity index (χ2n) is 4.95. The Morgan fingerprint density at radius 2 is 2.19 bits per heavy atom. The molecule has 0 aliphatic heterocycles. The van der Waals surface area contributed by atoms with Crippen LogP contribution in [0.5, 0.6) is 0 Å². The van der Waals surface area contributed by atoms with Crippen molar-refractivity contribution in [2.24, 2.45) is 0 Å². The average Bonchev–Trinajstić information content (AvgIpc) is 2.96. The summed E-state index contributed by atoms with van der Waals surface area (Å²) in [6.07, 6.45) is 0. The lowest BCUT2D eigenvalue weighted by Crippen LogP contribution is -2.29. The van der Waals surface area contributed by atoms with Crippen molar-refractivity contribution in [1.29, 1.82) is 0 Å². The summed E-state index contributed by atoms with van der Waals surface area (Å²) in [7, 11) is 0. The Balaban J connectivity index is 2.22. The van der Waals surface area contributed by atoms with Crippen LogP contribution in [-0.4, -0.2) is 39.8 Å². The number of aliphatic hydroxyl groups is 1. The molecule has 6 heteroatoms. The van der Waals surface area contributed by atoms with Gasteiger partial charge in [-0.3, -0.25) is 4.90 Å². The molecule has 21 heavy (non-hydrogen) atoms. The van der Waals surface area contributed by atoms with Crippen LogP contribution in [0.3, 0.4) is 0 Å². The monoisotopic (exact) mass is 293 g/mol. The van der Waals surface area contributed by atoms with Gasteiger partial charge in [0.15, 0.2) is 0 Å². The van der Waals surface area contributed by atoms with Crippen LogP contribution < -0.4 is 0 Å². The van der Waals surface area contributed by atoms with E-state index < -0.39 is 0 Å². The van der Waals surface area contributed by atoms with Gasteiger partial charge in [0, 0.05) is 12.1 Å². The highest BCUT2D eigenvalue weighted by Crippen LogP contribution is 2.23. The van der Waals surface area contributed by atoms with Gasteiger partial charge in [0.05, 0.1) is 12.6 Å². The summed E-state index contributed by atoms with van der Waals surface area (Å²) in [5, 5.41) is 13.0. The van der Waals surface area contributed by atoms with Gasteiger partial charge < -0.3 is 9.63 Å². The number of rotatable bonds is 6. The number of nitrogens with zero attached hydrogens (tertiary/aromatic N) is 3. The Hall–Kier alpha value is -1.79. The summed E-state index contributed by atoms with van der Waals surface area (Å²) in [4.78, 5) is 6.36. The van der Waals surface area contributed by atoms with Crippen LogP contribution in [0.25, 0.3) is 11.4 Å². The summed E-state index contributed by atoms with van der Waals surface area (Å²) >= 11 is 0. The Bertz CT molecular complexity index is 600. The highest BCUT2D eigenvalue weighted by Gasteiger charge is 2.20. The summed E-state index contributed by atoms with van der Waals surface area (Å²) < 4.78 is 18.9. The summed E-state index contributed by atoms with van der Waals surface area (Å²) in [6.45, 7) is 7.01. The van der Waals surface area contributed by atoms with Crippen molar-refractivity contribution in [3.05, 3.63) is 35.5 Å². The molecule has 0 aliphatic carbocycles. The molecule has 2 aromatic rings. The fourth-order valence-electron chi connectivity index (χ4n) is 2.16. The number of aliphatic hydroxyl groups excluding tert-OH is 1. The molecule has 2 rings (SSSR count). The van der Waals surface area contributed by atoms with Gasteiger partial charge in [-0.15, -0.1) is 0 Å². The third-order valence-corrected chi connectivity index (χ3v) is 3.57. The van der Waals surface area contributed by atoms with Crippen molar-refractivity contribution in [3.8, 4) is 11.4 Å². The molecule has 0 spiro atoms. The van der Waals surface area contributed by atoms with Gasteiger partial charge >= 0.3 is 0 Å². The molecule has 0 saturated carbocycles. The molecule has 5 nitrogen and oxygen atoms in total. The van der Waals surface area contributed by atoms with Gasteiger partial charge in [-0.2, -0.15) is 4.98 Å². The fourth-order valence-corrected chi connectivity index (χ4v) is 2.16. The molecule has 1 aromatic heterocycles. The van der Waals surface area contributed by atoms with Gasteiger partial charge in [-0.05, 0) is 32.0 Å². The number of halogens is 1. The standard InChI is InChI=1S/C15H20FN3O2/c1-4-19(7-8-20)11(3)15-17-14(18-21-15)12-6-5-10(2)13(16)9-12/h5-6,9,11,20H,4,7-8H2,1-3H3. The zero-order valence-corrected chi connectivity index (χ0v) is 12.5. The first-order valence-corrected chi connectivity index (χ1v) is 7.01. The van der Waals surface area contributed by atoms with Crippen LogP contribution in [0, 0.1) is 12.7 Å². The lowest BCUT2D eigenvalue weighted by Gasteiger charge is -2.23. The molecule has 1 aromatic carbocycles. The van der Waals surface area contributed by atoms with E-state index >= 15 is 0 Å². The zero-order chi connectivity index (χ0) is 15.4. The first-order chi connectivity index (χ1) is 10.1. The smallest absolute Gasteiger partial charge is 0.244 e. The predicted molar refractivity (Wildman–Crippen MR) is 77.2 cm³/mol. The van der Waals surface area contributed by atoms with E-state index in [4.69, 9.17) is 9.63 Å². The average molecular weight is 293 g/mol. The molecular formula is C15H20FN3O2. The molecule has 0 amide bonds. The van der Waals surface area contributed by atoms with E-state index in [1.807, 2.05) is 18.7 Å². The number of likely N-dealkylation sites (N-methyl/N-ethyl adjacent to an activating group) is 1. The minimum atomic E-state index is -0.289. The molecule has 0 saturated heterocycles. The molecule has 0 bridgehead atoms. The topological polar surface area (TPSA) is 62.4 Å². The Morgan fingerprint density at radius 1 is 1.43 bits per heavy atom. The van der Waals surface area contributed by atoms with Gasteiger partial charge in [0.1, 0.15) is 5.82 Å². The van der Waals surface area contributed by atoms with Crippen molar-refractivity contribution in [3.63, 3.8) is 0 Å². The number of aromatic nitrogens is 2. The Morgan fingerprint density at radius 3 is 2.81 bits per heavy atom. The zero-order valence-electron chi connectivity index (χ0n) is 12.5. The van der Waals surface area contributed by atoms with Crippen molar-refractivity contribution in [1.82, 2.24) is 15.0 Å². The third-order valence-electron chi connectivity index (χ3n) is 3.57. The number of hydrogen-bond donors (Lipinski definition) is 1. The molecule has 1 atom stereocenters. The van der Waals surface area contributed by atoms with E-state index in [1.165, 1.54) is 6.07 Å². The largest absolute Gasteiger partial charge is 0.395 e. The predicted octanol–water partition coefficient (Wildman–Crippen LogP) is 2.56. The molecule has 114 valence electrons. The van der Waals surface area contributed by atoms with E-state index in [0.29, 0.717) is 29.4 Å². The summed E-state index contributed by atoms with van der Waals surface area (Å²) in [6, 6.07) is 4.76. The minimum Gasteiger partial charge on any atom is -0.395 e. The molecule has 1 N–H and O–H groups in total. The first-order valence-electron chi connectivity index (χ1n) is 7.01. The van der Waals surface area contributed by atoms with Crippen LogP contribution in [0.15, 0.2) is 22.7 Å². The molecular weight excluding hydrogens is 273 g/mol. The van der Waals surface area contributed by atoms with Gasteiger partial charge in [-0.25, -0.2) is 4.39 Å². The quantitative estimate of drug-likeness (QED) is 0.887. The van der Waals surface area contributed by atoms with Crippen LogP contribution in [0.4, 0.5) is 4.39 Å². The van der Waals surface area contributed by atoms with Gasteiger partial charge in [0.25, 0.3) is 0 Å². The maximum absolute atomic E-state index is 13.6. The summed E-state index contributed by atoms with van der Waals surface area (Å²) in [5.74, 6) is 0.541. The normalized spacial score (nSPS) is 12.9. The van der Waals surface area contributed by atoms with Crippen LogP contribution >= 0.6 is 0 Å². The number of benzene rings is 1. The summed E-state index contributed by atoms with van der Waals surface area (Å²) in [5.41, 5.74) is 1.17. The van der Waals surface area contributed by atoms with Crippen LogP contribution in [0.1, 0.15) is 31.3 Å². The molecule has 1 heterocycles. The van der Waals surface area contributed by atoms with Crippen molar-refractivity contribution < 1.29 is 14.0 Å². The van der Waals surface area contributed by atoms with Gasteiger partial charge in [0.2, 0.25) is 11.7 Å². The van der Waals surface area contributed by atoms with Crippen LogP contribution in [-0.2, 0) is 0 Å². The lowest BCUT2D eigenvalue weighted by molar-refractivity contribution is 0.143. The molecule has 0 aliphatic rings. The lowest BCUT2D eigenvalue weighted by atomic mass is 10.1. The second-order valence-corrected chi connectivity index (χ2v) is 4.95. The highest BCUT2D eigenvalue weighted by atomic mass is 19.1. The van der Waals surface area contributed by atoms with E-state index in [9.17, 15) is 4.39 Å². The Labute approximate surface area is 123 Å². The molecule has 0 fully saturated rings. The fraction of sp³-hybridized carbons (Fsp3) is 0.467. The minimum absolute atomic E-state index is 0.0718. The number of aryl methyl sites for hydroxylation is 1. The maximum Gasteiger partial charge on any atom is 0.244 e. The van der Waals surface area contributed by atoms with E-state index in [1.54, 1.807) is 19.1 Å².